The second kappa shape index (κ2) is 30.7. The molecule has 3 rings (SSSR count). The lowest BCUT2D eigenvalue weighted by molar-refractivity contribution is -0.142. The van der Waals surface area contributed by atoms with Gasteiger partial charge in [-0.25, -0.2) is 14.4 Å². The average molecular weight is 944 g/mol. The third-order valence-electron chi connectivity index (χ3n) is 10.8. The molecule has 1 fully saturated rings. The number of aliphatic carboxylic acids is 3. The molecule has 1 aliphatic rings. The molecule has 0 spiro atoms. The number of urea groups is 1. The lowest BCUT2D eigenvalue weighted by Gasteiger charge is -2.29. The number of ether oxygens (including phenoxy) is 3. The van der Waals surface area contributed by atoms with Crippen LogP contribution >= 0.6 is 0 Å². The zero-order chi connectivity index (χ0) is 49.0. The van der Waals surface area contributed by atoms with Crippen molar-refractivity contribution in [3.8, 4) is 0 Å². The van der Waals surface area contributed by atoms with Crippen LogP contribution < -0.4 is 37.2 Å². The van der Waals surface area contributed by atoms with E-state index in [2.05, 4.69) is 31.9 Å². The maximum absolute atomic E-state index is 13.6. The Morgan fingerprint density at radius 3 is 1.94 bits per heavy atom. The van der Waals surface area contributed by atoms with Crippen molar-refractivity contribution >= 4 is 64.2 Å². The van der Waals surface area contributed by atoms with Gasteiger partial charge in [-0.2, -0.15) is 0 Å². The first-order valence-corrected chi connectivity index (χ1v) is 22.4. The monoisotopic (exact) mass is 943 g/mol. The first kappa shape index (κ1) is 54.9. The number of carbonyl (C=O) groups is 9. The van der Waals surface area contributed by atoms with E-state index < -0.39 is 73.3 Å². The predicted octanol–water partition coefficient (Wildman–Crippen LogP) is 0.449. The summed E-state index contributed by atoms with van der Waals surface area (Å²) in [6.07, 6.45) is 1.90. The van der Waals surface area contributed by atoms with Gasteiger partial charge in [0.05, 0.1) is 46.2 Å². The van der Waals surface area contributed by atoms with E-state index in [-0.39, 0.29) is 68.4 Å². The van der Waals surface area contributed by atoms with Gasteiger partial charge in [-0.15, -0.1) is 0 Å². The molecule has 0 bridgehead atoms. The molecular formula is C45H65N7O15. The number of rotatable bonds is 32. The van der Waals surface area contributed by atoms with Crippen LogP contribution in [0.1, 0.15) is 70.3 Å². The second-order valence-electron chi connectivity index (χ2n) is 16.1. The van der Waals surface area contributed by atoms with Crippen molar-refractivity contribution < 1.29 is 72.7 Å². The van der Waals surface area contributed by atoms with Crippen molar-refractivity contribution in [2.75, 3.05) is 65.8 Å². The molecule has 1 saturated carbocycles. The summed E-state index contributed by atoms with van der Waals surface area (Å²) < 4.78 is 16.2. The highest BCUT2D eigenvalue weighted by Gasteiger charge is 2.30. The highest BCUT2D eigenvalue weighted by Crippen LogP contribution is 2.29. The molecule has 0 unspecified atom stereocenters. The molecule has 0 saturated heterocycles. The van der Waals surface area contributed by atoms with E-state index in [9.17, 15) is 53.4 Å². The van der Waals surface area contributed by atoms with E-state index in [1.165, 1.54) is 6.92 Å². The Bertz CT molecular complexity index is 1960. The summed E-state index contributed by atoms with van der Waals surface area (Å²) in [5.41, 5.74) is 0.815. The summed E-state index contributed by atoms with van der Waals surface area (Å²) >= 11 is 0. The third-order valence-corrected chi connectivity index (χ3v) is 10.8. The summed E-state index contributed by atoms with van der Waals surface area (Å²) in [5.74, 6) is -6.08. The maximum atomic E-state index is 13.6. The van der Waals surface area contributed by atoms with Crippen molar-refractivity contribution in [1.29, 1.82) is 0 Å². The van der Waals surface area contributed by atoms with Crippen molar-refractivity contribution in [2.24, 2.45) is 11.8 Å². The minimum Gasteiger partial charge on any atom is -0.481 e. The molecule has 3 atom stereocenters. The second-order valence-corrected chi connectivity index (χ2v) is 16.1. The summed E-state index contributed by atoms with van der Waals surface area (Å²) in [6, 6.07) is 8.36. The lowest BCUT2D eigenvalue weighted by atomic mass is 9.81. The highest BCUT2D eigenvalue weighted by atomic mass is 16.5. The molecule has 22 nitrogen and oxygen atoms in total. The molecule has 0 radical (unpaired) electrons. The number of benzene rings is 2. The molecule has 0 aliphatic heterocycles. The third kappa shape index (κ3) is 23.1. The van der Waals surface area contributed by atoms with E-state index in [1.807, 2.05) is 47.8 Å². The van der Waals surface area contributed by atoms with Gasteiger partial charge in [-0.05, 0) is 60.8 Å². The molecule has 7 amide bonds. The molecule has 370 valence electrons. The largest absolute Gasteiger partial charge is 0.481 e. The minimum atomic E-state index is -1.58. The van der Waals surface area contributed by atoms with E-state index in [0.717, 1.165) is 16.3 Å². The fourth-order valence-corrected chi connectivity index (χ4v) is 7.06. The van der Waals surface area contributed by atoms with Crippen molar-refractivity contribution in [3.63, 3.8) is 0 Å². The topological polar surface area (TPSA) is 326 Å². The lowest BCUT2D eigenvalue weighted by Crippen LogP contribution is -2.52. The van der Waals surface area contributed by atoms with E-state index in [1.54, 1.807) is 0 Å². The first-order chi connectivity index (χ1) is 32.1. The van der Waals surface area contributed by atoms with Gasteiger partial charge >= 0.3 is 23.9 Å². The number of carbonyl (C=O) groups excluding carboxylic acids is 6. The summed E-state index contributed by atoms with van der Waals surface area (Å²) in [4.78, 5) is 109. The van der Waals surface area contributed by atoms with Crippen LogP contribution in [-0.2, 0) is 59.0 Å². The Morgan fingerprint density at radius 1 is 0.627 bits per heavy atom. The van der Waals surface area contributed by atoms with Gasteiger partial charge in [0.25, 0.3) is 0 Å². The summed E-state index contributed by atoms with van der Waals surface area (Å²) in [5, 5.41) is 47.3. The predicted molar refractivity (Wildman–Crippen MR) is 240 cm³/mol. The van der Waals surface area contributed by atoms with Crippen LogP contribution in [0.4, 0.5) is 4.79 Å². The normalized spacial score (nSPS) is 15.8. The smallest absolute Gasteiger partial charge is 0.328 e. The SMILES string of the molecule is CC(=O)NCCOCCOCCOCCC(=O)NCC1CCC(C(=O)N[C@@H](Cc2ccc3ccccc3c2)C(=O)NCCCC(=O)N[C@@H](CNC(=O)N[C@@H](CCC(=O)O)C(=O)O)C(=O)O)CC1. The number of amides is 7. The maximum Gasteiger partial charge on any atom is 0.328 e. The quantitative estimate of drug-likeness (QED) is 0.0446. The number of carboxylic acid groups (broad SMARTS) is 3. The number of fused-ring (bicyclic) bond motifs is 1. The molecule has 22 heteroatoms. The Balaban J connectivity index is 1.41. The number of nitrogens with one attached hydrogen (secondary N) is 7. The van der Waals surface area contributed by atoms with Gasteiger partial charge in [0.1, 0.15) is 18.1 Å². The minimum absolute atomic E-state index is 0.0126. The zero-order valence-electron chi connectivity index (χ0n) is 37.8. The number of carboxylic acids is 3. The van der Waals surface area contributed by atoms with Gasteiger partial charge in [0.15, 0.2) is 0 Å². The summed E-state index contributed by atoms with van der Waals surface area (Å²) in [6.45, 7) is 3.87. The molecule has 0 heterocycles. The average Bonchev–Trinajstić information content (AvgIpc) is 3.29. The van der Waals surface area contributed by atoms with Crippen LogP contribution in [-0.4, -0.2) is 153 Å². The van der Waals surface area contributed by atoms with Crippen LogP contribution in [0.3, 0.4) is 0 Å². The van der Waals surface area contributed by atoms with Crippen molar-refractivity contribution in [2.45, 2.75) is 89.3 Å². The molecule has 0 aromatic heterocycles. The van der Waals surface area contributed by atoms with Gasteiger partial charge in [-0.1, -0.05) is 42.5 Å². The molecular weight excluding hydrogens is 879 g/mol. The molecule has 2 aromatic rings. The fourth-order valence-electron chi connectivity index (χ4n) is 7.06. The highest BCUT2D eigenvalue weighted by molar-refractivity contribution is 5.90. The van der Waals surface area contributed by atoms with Crippen molar-refractivity contribution in [3.05, 3.63) is 48.0 Å². The van der Waals surface area contributed by atoms with Crippen LogP contribution in [0.2, 0.25) is 0 Å². The first-order valence-electron chi connectivity index (χ1n) is 22.4. The molecule has 2 aromatic carbocycles. The standard InChI is InChI=1S/C45H65N7O15/c1-29(53)46-18-20-66-22-24-67-23-21-65-19-16-38(54)48-27-30-8-12-33(13-9-30)41(58)51-36(26-31-10-11-32-5-2-3-6-34(32)25-31)42(59)47-17-4-7-39(55)50-37(44(62)63)28-49-45(64)52-35(43(60)61)14-15-40(56)57/h2-3,5-6,10-11,25,30,33,35-37H,4,7-9,12-24,26-28H2,1H3,(H,46,53)(H,47,59)(H,48,54)(H,50,55)(H,51,58)(H,56,57)(H,60,61)(H,62,63)(H2,49,52,64)/t30?,33?,35-,36-,37-/m0/s1. The summed E-state index contributed by atoms with van der Waals surface area (Å²) in [7, 11) is 0. The number of hydrogen-bond donors (Lipinski definition) is 10. The zero-order valence-corrected chi connectivity index (χ0v) is 37.8. The fraction of sp³-hybridized carbons (Fsp3) is 0.578. The number of hydrogen-bond acceptors (Lipinski definition) is 12. The van der Waals surface area contributed by atoms with Gasteiger partial charge in [-0.3, -0.25) is 28.8 Å². The van der Waals surface area contributed by atoms with E-state index in [4.69, 9.17) is 19.3 Å². The van der Waals surface area contributed by atoms with Gasteiger partial charge < -0.3 is 66.7 Å². The Morgan fingerprint density at radius 2 is 1.28 bits per heavy atom. The van der Waals surface area contributed by atoms with E-state index in [0.29, 0.717) is 71.8 Å². The van der Waals surface area contributed by atoms with Crippen LogP contribution in [0.15, 0.2) is 42.5 Å². The Kier molecular flexibility index (Phi) is 25.2. The van der Waals surface area contributed by atoms with Crippen LogP contribution in [0.25, 0.3) is 10.8 Å². The Hall–Kier alpha value is -6.39. The van der Waals surface area contributed by atoms with E-state index >= 15 is 0 Å². The Labute approximate surface area is 388 Å². The van der Waals surface area contributed by atoms with Crippen LogP contribution in [0.5, 0.6) is 0 Å². The van der Waals surface area contributed by atoms with Crippen molar-refractivity contribution in [1.82, 2.24) is 37.2 Å². The van der Waals surface area contributed by atoms with Gasteiger partial charge in [0, 0.05) is 58.2 Å². The molecule has 10 N–H and O–H groups in total. The molecule has 1 aliphatic carbocycles. The van der Waals surface area contributed by atoms with Crippen LogP contribution in [0, 0.1) is 11.8 Å². The molecule has 67 heavy (non-hydrogen) atoms. The van der Waals surface area contributed by atoms with Gasteiger partial charge in [0.2, 0.25) is 29.5 Å².